The topological polar surface area (TPSA) is 81.8 Å². The van der Waals surface area contributed by atoms with E-state index in [1.807, 2.05) is 6.92 Å². The minimum absolute atomic E-state index is 0.0190. The average Bonchev–Trinajstić information content (AvgIpc) is 3.00. The summed E-state index contributed by atoms with van der Waals surface area (Å²) in [5, 5.41) is 7.39. The summed E-state index contributed by atoms with van der Waals surface area (Å²) in [6, 6.07) is -0.317. The number of ketones is 1. The van der Waals surface area contributed by atoms with Crippen molar-refractivity contribution in [3.05, 3.63) is 0 Å². The Morgan fingerprint density at radius 2 is 1.35 bits per heavy atom. The molecule has 4 rings (SSSR count). The quantitative estimate of drug-likeness (QED) is 0.597. The first-order valence-electron chi connectivity index (χ1n) is 14.0. The first-order chi connectivity index (χ1) is 16.4. The first kappa shape index (κ1) is 25.6. The number of imide groups is 1. The molecule has 2 N–H and O–H groups in total. The fraction of sp³-hybridized carbons (Fsp3) is 0.889. The van der Waals surface area contributed by atoms with E-state index in [0.717, 1.165) is 38.5 Å². The molecule has 0 aromatic carbocycles. The molecule has 192 valence electrons. The van der Waals surface area contributed by atoms with Gasteiger partial charge in [0, 0.05) is 26.1 Å². The van der Waals surface area contributed by atoms with Gasteiger partial charge in [-0.1, -0.05) is 70.6 Å². The third-order valence-electron chi connectivity index (χ3n) is 9.39. The van der Waals surface area contributed by atoms with Crippen LogP contribution in [0.2, 0.25) is 0 Å². The van der Waals surface area contributed by atoms with Crippen molar-refractivity contribution >= 4 is 17.7 Å². The summed E-state index contributed by atoms with van der Waals surface area (Å²) in [6.07, 6.45) is 17.9. The monoisotopic (exact) mass is 474 g/mol. The molecule has 4 fully saturated rings. The molecule has 1 unspecified atom stereocenters. The van der Waals surface area contributed by atoms with Gasteiger partial charge in [0.25, 0.3) is 5.91 Å². The number of nitrogens with zero attached hydrogens (tertiary/aromatic N) is 2. The number of nitrogens with one attached hydrogen (secondary N) is 2. The molecule has 0 aromatic rings. The fourth-order valence-electron chi connectivity index (χ4n) is 6.81. The zero-order valence-corrected chi connectivity index (χ0v) is 21.5. The van der Waals surface area contributed by atoms with E-state index < -0.39 is 5.54 Å². The molecule has 7 nitrogen and oxygen atoms in total. The summed E-state index contributed by atoms with van der Waals surface area (Å²) in [5.41, 5.74) is -0.889. The standard InChI is InChI=1S/C27H46N4O3/c1-26(22-14-10-9-11-15-22)24(33)31(25(34)30(26)2)20-23(32)21-18-28-27(29-19-21)16-12-7-5-3-4-6-8-13-17-27/h21-22,28-29H,3-20H2,1-2H3. The molecule has 2 saturated carbocycles. The van der Waals surface area contributed by atoms with Crippen molar-refractivity contribution in [1.82, 2.24) is 20.4 Å². The minimum atomic E-state index is -0.820. The second-order valence-corrected chi connectivity index (χ2v) is 11.6. The van der Waals surface area contributed by atoms with Crippen molar-refractivity contribution in [3.8, 4) is 0 Å². The zero-order chi connectivity index (χ0) is 24.2. The highest BCUT2D eigenvalue weighted by Gasteiger charge is 2.57. The summed E-state index contributed by atoms with van der Waals surface area (Å²) in [4.78, 5) is 42.6. The maximum atomic E-state index is 13.4. The van der Waals surface area contributed by atoms with Gasteiger partial charge in [-0.2, -0.15) is 0 Å². The number of rotatable bonds is 4. The molecular weight excluding hydrogens is 428 g/mol. The van der Waals surface area contributed by atoms with Crippen LogP contribution in [-0.2, 0) is 9.59 Å². The lowest BCUT2D eigenvalue weighted by atomic mass is 9.75. The van der Waals surface area contributed by atoms with Crippen LogP contribution >= 0.6 is 0 Å². The highest BCUT2D eigenvalue weighted by Crippen LogP contribution is 2.41. The fourth-order valence-corrected chi connectivity index (χ4v) is 6.81. The minimum Gasteiger partial charge on any atom is -0.313 e. The van der Waals surface area contributed by atoms with Crippen LogP contribution in [0.4, 0.5) is 4.79 Å². The van der Waals surface area contributed by atoms with Gasteiger partial charge in [0.05, 0.1) is 12.2 Å². The highest BCUT2D eigenvalue weighted by molar-refractivity contribution is 6.09. The number of Topliss-reactive ketones (excluding diaryl/α,β-unsaturated/α-hetero) is 1. The molecule has 2 heterocycles. The Hall–Kier alpha value is -1.47. The number of hydrogen-bond donors (Lipinski definition) is 2. The molecule has 0 aromatic heterocycles. The molecule has 4 aliphatic rings. The molecule has 1 spiro atoms. The Bertz CT molecular complexity index is 728. The Kier molecular flexibility index (Phi) is 8.34. The maximum absolute atomic E-state index is 13.4. The predicted octanol–water partition coefficient (Wildman–Crippen LogP) is 4.21. The van der Waals surface area contributed by atoms with Crippen molar-refractivity contribution in [2.45, 2.75) is 114 Å². The van der Waals surface area contributed by atoms with Crippen LogP contribution in [0.15, 0.2) is 0 Å². The number of carbonyl (C=O) groups is 3. The second kappa shape index (κ2) is 11.1. The Balaban J connectivity index is 1.35. The molecule has 2 saturated heterocycles. The van der Waals surface area contributed by atoms with Crippen molar-refractivity contribution in [2.24, 2.45) is 11.8 Å². The Morgan fingerprint density at radius 1 is 0.853 bits per heavy atom. The van der Waals surface area contributed by atoms with Gasteiger partial charge in [0.15, 0.2) is 5.78 Å². The van der Waals surface area contributed by atoms with Crippen LogP contribution < -0.4 is 10.6 Å². The van der Waals surface area contributed by atoms with Gasteiger partial charge in [-0.05, 0) is 38.5 Å². The van der Waals surface area contributed by atoms with E-state index >= 15 is 0 Å². The van der Waals surface area contributed by atoms with E-state index in [0.29, 0.717) is 13.1 Å². The summed E-state index contributed by atoms with van der Waals surface area (Å²) < 4.78 is 0. The van der Waals surface area contributed by atoms with E-state index in [-0.39, 0.29) is 41.8 Å². The van der Waals surface area contributed by atoms with E-state index in [1.165, 1.54) is 62.7 Å². The number of likely N-dealkylation sites (N-methyl/N-ethyl adjacent to an activating group) is 1. The lowest BCUT2D eigenvalue weighted by Gasteiger charge is -2.43. The van der Waals surface area contributed by atoms with Gasteiger partial charge in [0.1, 0.15) is 5.54 Å². The normalized spacial score (nSPS) is 30.5. The molecule has 1 atom stereocenters. The third kappa shape index (κ3) is 5.20. The van der Waals surface area contributed by atoms with Crippen LogP contribution in [0.5, 0.6) is 0 Å². The number of urea groups is 1. The summed E-state index contributed by atoms with van der Waals surface area (Å²) in [5.74, 6) is -0.236. The van der Waals surface area contributed by atoms with Gasteiger partial charge in [-0.15, -0.1) is 0 Å². The number of amides is 3. The Morgan fingerprint density at radius 3 is 1.91 bits per heavy atom. The maximum Gasteiger partial charge on any atom is 0.327 e. The van der Waals surface area contributed by atoms with E-state index in [9.17, 15) is 14.4 Å². The summed E-state index contributed by atoms with van der Waals surface area (Å²) in [6.45, 7) is 3.05. The van der Waals surface area contributed by atoms with Crippen molar-refractivity contribution in [1.29, 1.82) is 0 Å². The van der Waals surface area contributed by atoms with Crippen molar-refractivity contribution in [3.63, 3.8) is 0 Å². The number of carbonyl (C=O) groups excluding carboxylic acids is 3. The van der Waals surface area contributed by atoms with Gasteiger partial charge >= 0.3 is 6.03 Å². The molecule has 7 heteroatoms. The van der Waals surface area contributed by atoms with Crippen LogP contribution in [0.25, 0.3) is 0 Å². The van der Waals surface area contributed by atoms with E-state index in [1.54, 1.807) is 11.9 Å². The molecule has 0 radical (unpaired) electrons. The van der Waals surface area contributed by atoms with Crippen molar-refractivity contribution in [2.75, 3.05) is 26.7 Å². The van der Waals surface area contributed by atoms with Crippen LogP contribution in [-0.4, -0.2) is 65.4 Å². The predicted molar refractivity (Wildman–Crippen MR) is 133 cm³/mol. The lowest BCUT2D eigenvalue weighted by molar-refractivity contribution is -0.138. The summed E-state index contributed by atoms with van der Waals surface area (Å²) in [7, 11) is 1.73. The van der Waals surface area contributed by atoms with Gasteiger partial charge in [-0.3, -0.25) is 25.1 Å². The van der Waals surface area contributed by atoms with Crippen molar-refractivity contribution < 1.29 is 14.4 Å². The molecule has 3 amide bonds. The smallest absolute Gasteiger partial charge is 0.313 e. The molecule has 34 heavy (non-hydrogen) atoms. The second-order valence-electron chi connectivity index (χ2n) is 11.6. The molecular formula is C27H46N4O3. The number of hydrogen-bond acceptors (Lipinski definition) is 5. The molecule has 2 aliphatic heterocycles. The van der Waals surface area contributed by atoms with Gasteiger partial charge in [0.2, 0.25) is 0 Å². The zero-order valence-electron chi connectivity index (χ0n) is 21.5. The van der Waals surface area contributed by atoms with Crippen LogP contribution in [0, 0.1) is 11.8 Å². The van der Waals surface area contributed by atoms with E-state index in [4.69, 9.17) is 0 Å². The largest absolute Gasteiger partial charge is 0.327 e. The van der Waals surface area contributed by atoms with Gasteiger partial charge in [-0.25, -0.2) is 4.79 Å². The molecule has 0 bridgehead atoms. The van der Waals surface area contributed by atoms with E-state index in [2.05, 4.69) is 10.6 Å². The molecule has 2 aliphatic carbocycles. The Labute approximate surface area is 205 Å². The third-order valence-corrected chi connectivity index (χ3v) is 9.39. The highest BCUT2D eigenvalue weighted by atomic mass is 16.2. The van der Waals surface area contributed by atoms with Gasteiger partial charge < -0.3 is 4.90 Å². The van der Waals surface area contributed by atoms with Crippen LogP contribution in [0.3, 0.4) is 0 Å². The lowest BCUT2D eigenvalue weighted by Crippen LogP contribution is -2.65. The first-order valence-corrected chi connectivity index (χ1v) is 14.0. The van der Waals surface area contributed by atoms with Crippen LogP contribution in [0.1, 0.15) is 103 Å². The SMILES string of the molecule is CN1C(=O)N(CC(=O)C2CNC3(CCCCCCCCCC3)NC2)C(=O)C1(C)C1CCCCC1. The summed E-state index contributed by atoms with van der Waals surface area (Å²) >= 11 is 0. The average molecular weight is 475 g/mol.